The van der Waals surface area contributed by atoms with Crippen LogP contribution in [0.4, 0.5) is 11.5 Å². The molecule has 0 aliphatic heterocycles. The van der Waals surface area contributed by atoms with Crippen molar-refractivity contribution in [1.82, 2.24) is 14.4 Å². The first-order chi connectivity index (χ1) is 11.9. The third-order valence-electron chi connectivity index (χ3n) is 3.73. The van der Waals surface area contributed by atoms with E-state index in [4.69, 9.17) is 11.6 Å². The highest BCUT2D eigenvalue weighted by molar-refractivity contribution is 7.59. The van der Waals surface area contributed by atoms with Crippen LogP contribution in [0.5, 0.6) is 0 Å². The highest BCUT2D eigenvalue weighted by Crippen LogP contribution is 2.35. The summed E-state index contributed by atoms with van der Waals surface area (Å²) in [5.74, 6) is 0.402. The summed E-state index contributed by atoms with van der Waals surface area (Å²) in [6, 6.07) is 14.2. The monoisotopic (exact) mass is 374 g/mol. The van der Waals surface area contributed by atoms with Crippen molar-refractivity contribution in [3.8, 4) is 0 Å². The summed E-state index contributed by atoms with van der Waals surface area (Å²) in [7, 11) is -4.56. The number of nitrogens with one attached hydrogen (secondary N) is 1. The number of rotatable bonds is 3. The minimum Gasteiger partial charge on any atom is -0.337 e. The fourth-order valence-corrected chi connectivity index (χ4v) is 3.53. The standard InChI is InChI=1S/C16H12ClN4O3P/c17-10-5-1-2-6-11(10)19-15-14-9-18-16(25(22,23)24)21(14)13-8-4-3-7-12(13)20-15/h1-9H,(H,19,20)(H2,22,23,24). The number of hydrogen-bond donors (Lipinski definition) is 3. The summed E-state index contributed by atoms with van der Waals surface area (Å²) < 4.78 is 13.2. The Morgan fingerprint density at radius 3 is 2.52 bits per heavy atom. The van der Waals surface area contributed by atoms with Gasteiger partial charge in [-0.05, 0) is 24.3 Å². The molecule has 4 aromatic rings. The van der Waals surface area contributed by atoms with Crippen LogP contribution < -0.4 is 10.9 Å². The van der Waals surface area contributed by atoms with Crippen molar-refractivity contribution in [2.45, 2.75) is 0 Å². The van der Waals surface area contributed by atoms with E-state index in [1.807, 2.05) is 12.1 Å². The molecule has 4 rings (SSSR count). The van der Waals surface area contributed by atoms with E-state index in [1.165, 1.54) is 10.6 Å². The SMILES string of the molecule is O=P(O)(O)c1ncc2c(Nc3ccccc3Cl)nc3ccccc3n12. The van der Waals surface area contributed by atoms with Gasteiger partial charge in [-0.2, -0.15) is 0 Å². The van der Waals surface area contributed by atoms with Crippen LogP contribution in [-0.4, -0.2) is 24.2 Å². The molecular weight excluding hydrogens is 363 g/mol. The number of aromatic nitrogens is 3. The predicted molar refractivity (Wildman–Crippen MR) is 96.9 cm³/mol. The van der Waals surface area contributed by atoms with E-state index in [2.05, 4.69) is 15.3 Å². The van der Waals surface area contributed by atoms with Crippen molar-refractivity contribution in [2.24, 2.45) is 0 Å². The molecule has 0 spiro atoms. The molecule has 7 nitrogen and oxygen atoms in total. The summed E-state index contributed by atoms with van der Waals surface area (Å²) in [5.41, 5.74) is 1.86. The molecule has 0 unspecified atom stereocenters. The van der Waals surface area contributed by atoms with Gasteiger partial charge >= 0.3 is 7.60 Å². The predicted octanol–water partition coefficient (Wildman–Crippen LogP) is 3.08. The van der Waals surface area contributed by atoms with E-state index < -0.39 is 7.60 Å². The Balaban J connectivity index is 2.03. The fourth-order valence-electron chi connectivity index (χ4n) is 2.66. The second-order valence-electron chi connectivity index (χ2n) is 5.38. The van der Waals surface area contributed by atoms with E-state index in [9.17, 15) is 14.4 Å². The first-order valence-electron chi connectivity index (χ1n) is 7.29. The molecule has 2 heterocycles. The maximum atomic E-state index is 11.8. The lowest BCUT2D eigenvalue weighted by molar-refractivity contribution is 0.385. The quantitative estimate of drug-likeness (QED) is 0.476. The van der Waals surface area contributed by atoms with Crippen LogP contribution in [0.25, 0.3) is 16.6 Å². The van der Waals surface area contributed by atoms with E-state index in [0.717, 1.165) is 0 Å². The van der Waals surface area contributed by atoms with E-state index in [1.54, 1.807) is 36.4 Å². The van der Waals surface area contributed by atoms with Crippen molar-refractivity contribution >= 4 is 52.8 Å². The number of hydrogen-bond acceptors (Lipinski definition) is 4. The molecule has 0 radical (unpaired) electrons. The molecule has 0 saturated heterocycles. The number of anilines is 2. The Morgan fingerprint density at radius 1 is 1.04 bits per heavy atom. The van der Waals surface area contributed by atoms with Crippen LogP contribution >= 0.6 is 19.2 Å². The van der Waals surface area contributed by atoms with E-state index in [0.29, 0.717) is 33.1 Å². The zero-order valence-corrected chi connectivity index (χ0v) is 14.3. The zero-order valence-electron chi connectivity index (χ0n) is 12.7. The second kappa shape index (κ2) is 5.82. The van der Waals surface area contributed by atoms with E-state index >= 15 is 0 Å². The molecule has 25 heavy (non-hydrogen) atoms. The molecule has 0 aliphatic carbocycles. The molecule has 0 amide bonds. The molecule has 9 heteroatoms. The normalized spacial score (nSPS) is 12.0. The number of para-hydroxylation sites is 3. The lowest BCUT2D eigenvalue weighted by Crippen LogP contribution is -2.15. The molecule has 2 aromatic carbocycles. The van der Waals surface area contributed by atoms with Gasteiger partial charge in [-0.15, -0.1) is 0 Å². The van der Waals surface area contributed by atoms with Crippen LogP contribution in [0.2, 0.25) is 5.02 Å². The van der Waals surface area contributed by atoms with Gasteiger partial charge in [-0.1, -0.05) is 35.9 Å². The number of fused-ring (bicyclic) bond motifs is 3. The van der Waals surface area contributed by atoms with Crippen LogP contribution in [0.3, 0.4) is 0 Å². The molecule has 0 bridgehead atoms. The summed E-state index contributed by atoms with van der Waals surface area (Å²) in [5, 5.41) is 3.62. The van der Waals surface area contributed by atoms with Gasteiger partial charge in [-0.25, -0.2) is 9.97 Å². The number of nitrogens with zero attached hydrogens (tertiary/aromatic N) is 3. The van der Waals surface area contributed by atoms with E-state index in [-0.39, 0.29) is 5.57 Å². The van der Waals surface area contributed by atoms with Gasteiger partial charge in [0.1, 0.15) is 5.52 Å². The molecule has 0 aliphatic rings. The Bertz CT molecular complexity index is 1150. The van der Waals surface area contributed by atoms with Gasteiger partial charge in [0, 0.05) is 0 Å². The van der Waals surface area contributed by atoms with Crippen molar-refractivity contribution in [2.75, 3.05) is 5.32 Å². The minimum atomic E-state index is -4.56. The molecular formula is C16H12ClN4O3P. The van der Waals surface area contributed by atoms with Gasteiger partial charge in [0.2, 0.25) is 5.57 Å². The van der Waals surface area contributed by atoms with Gasteiger partial charge in [0.15, 0.2) is 5.82 Å². The smallest absolute Gasteiger partial charge is 0.337 e. The molecule has 2 aromatic heterocycles. The summed E-state index contributed by atoms with van der Waals surface area (Å²) in [6.45, 7) is 0. The van der Waals surface area contributed by atoms with Gasteiger partial charge in [-0.3, -0.25) is 8.97 Å². The first kappa shape index (κ1) is 16.1. The minimum absolute atomic E-state index is 0.330. The lowest BCUT2D eigenvalue weighted by atomic mass is 10.3. The number of imidazole rings is 1. The first-order valence-corrected chi connectivity index (χ1v) is 9.28. The Hall–Kier alpha value is -2.44. The summed E-state index contributed by atoms with van der Waals surface area (Å²) in [6.07, 6.45) is 1.38. The van der Waals surface area contributed by atoms with Crippen molar-refractivity contribution in [3.63, 3.8) is 0 Å². The molecule has 0 atom stereocenters. The van der Waals surface area contributed by atoms with Gasteiger partial charge in [0.25, 0.3) is 0 Å². The second-order valence-corrected chi connectivity index (χ2v) is 7.27. The summed E-state index contributed by atoms with van der Waals surface area (Å²) >= 11 is 6.18. The lowest BCUT2D eigenvalue weighted by Gasteiger charge is -2.12. The molecule has 0 fully saturated rings. The zero-order chi connectivity index (χ0) is 17.6. The van der Waals surface area contributed by atoms with Crippen molar-refractivity contribution < 1.29 is 14.4 Å². The highest BCUT2D eigenvalue weighted by atomic mass is 35.5. The largest absolute Gasteiger partial charge is 0.391 e. The van der Waals surface area contributed by atoms with Gasteiger partial charge < -0.3 is 15.1 Å². The molecule has 3 N–H and O–H groups in total. The fraction of sp³-hybridized carbons (Fsp3) is 0. The average Bonchev–Trinajstić information content (AvgIpc) is 3.03. The third-order valence-corrected chi connectivity index (χ3v) is 4.89. The van der Waals surface area contributed by atoms with Crippen molar-refractivity contribution in [3.05, 3.63) is 59.8 Å². The van der Waals surface area contributed by atoms with Crippen LogP contribution in [0.15, 0.2) is 54.7 Å². The Kier molecular flexibility index (Phi) is 3.74. The van der Waals surface area contributed by atoms with Crippen LogP contribution in [-0.2, 0) is 4.57 Å². The number of benzene rings is 2. The topological polar surface area (TPSA) is 99.8 Å². The van der Waals surface area contributed by atoms with Crippen molar-refractivity contribution in [1.29, 1.82) is 0 Å². The molecule has 126 valence electrons. The van der Waals surface area contributed by atoms with Crippen LogP contribution in [0.1, 0.15) is 0 Å². The average molecular weight is 375 g/mol. The summed E-state index contributed by atoms with van der Waals surface area (Å²) in [4.78, 5) is 27.7. The Labute approximate surface area is 147 Å². The maximum absolute atomic E-state index is 11.8. The third kappa shape index (κ3) is 2.77. The highest BCUT2D eigenvalue weighted by Gasteiger charge is 2.26. The molecule has 0 saturated carbocycles. The Morgan fingerprint density at radius 2 is 1.76 bits per heavy atom. The van der Waals surface area contributed by atoms with Gasteiger partial charge in [0.05, 0.1) is 27.9 Å². The number of halogens is 1. The maximum Gasteiger partial charge on any atom is 0.391 e. The van der Waals surface area contributed by atoms with Crippen LogP contribution in [0, 0.1) is 0 Å².